The summed E-state index contributed by atoms with van der Waals surface area (Å²) in [5.41, 5.74) is 7.34. The van der Waals surface area contributed by atoms with Crippen molar-refractivity contribution in [1.29, 1.82) is 0 Å². The molecule has 2 fully saturated rings. The maximum atomic E-state index is 11.5. The van der Waals surface area contributed by atoms with Gasteiger partial charge in [-0.25, -0.2) is 9.25 Å². The van der Waals surface area contributed by atoms with Crippen LogP contribution in [-0.2, 0) is 18.3 Å². The molecular formula is C11H13N4O6P. The third-order valence-corrected chi connectivity index (χ3v) is 4.73. The van der Waals surface area contributed by atoms with Gasteiger partial charge in [0, 0.05) is 0 Å². The predicted octanol–water partition coefficient (Wildman–Crippen LogP) is -0.212. The van der Waals surface area contributed by atoms with Gasteiger partial charge in [-0.15, -0.1) is 5.10 Å². The lowest BCUT2D eigenvalue weighted by molar-refractivity contribution is -0.0698. The van der Waals surface area contributed by atoms with E-state index in [9.17, 15) is 14.6 Å². The van der Waals surface area contributed by atoms with E-state index in [1.807, 2.05) is 0 Å². The molecule has 0 aliphatic carbocycles. The molecule has 0 radical (unpaired) electrons. The second-order valence-corrected chi connectivity index (χ2v) is 6.55. The highest BCUT2D eigenvalue weighted by atomic mass is 31.2. The van der Waals surface area contributed by atoms with Crippen molar-refractivity contribution in [3.63, 3.8) is 0 Å². The zero-order valence-corrected chi connectivity index (χ0v) is 12.0. The van der Waals surface area contributed by atoms with Crippen LogP contribution in [0.2, 0.25) is 0 Å². The van der Waals surface area contributed by atoms with E-state index in [1.54, 1.807) is 18.2 Å². The number of rotatable bonds is 1. The largest absolute Gasteiger partial charge is 0.472 e. The molecule has 1 aromatic heterocycles. The average Bonchev–Trinajstić information content (AvgIpc) is 3.01. The minimum absolute atomic E-state index is 0.152. The van der Waals surface area contributed by atoms with E-state index in [1.165, 1.54) is 4.68 Å². The number of anilines is 1. The van der Waals surface area contributed by atoms with Crippen LogP contribution in [0, 0.1) is 0 Å². The van der Waals surface area contributed by atoms with Crippen molar-refractivity contribution in [1.82, 2.24) is 15.0 Å². The zero-order valence-electron chi connectivity index (χ0n) is 11.1. The van der Waals surface area contributed by atoms with Crippen LogP contribution in [0.5, 0.6) is 0 Å². The number of nitrogens with two attached hydrogens (primary N) is 1. The Morgan fingerprint density at radius 3 is 3.09 bits per heavy atom. The summed E-state index contributed by atoms with van der Waals surface area (Å²) in [5.74, 6) is 0. The summed E-state index contributed by atoms with van der Waals surface area (Å²) in [6.07, 6.45) is -3.76. The monoisotopic (exact) mass is 328 g/mol. The van der Waals surface area contributed by atoms with Crippen molar-refractivity contribution in [3.8, 4) is 0 Å². The van der Waals surface area contributed by atoms with E-state index in [4.69, 9.17) is 15.0 Å². The van der Waals surface area contributed by atoms with Crippen LogP contribution in [0.1, 0.15) is 6.23 Å². The summed E-state index contributed by atoms with van der Waals surface area (Å²) in [6, 6.07) is 5.15. The van der Waals surface area contributed by atoms with E-state index in [-0.39, 0.29) is 6.61 Å². The van der Waals surface area contributed by atoms with Crippen molar-refractivity contribution in [3.05, 3.63) is 18.2 Å². The fraction of sp³-hybridized carbons (Fsp3) is 0.455. The first-order chi connectivity index (χ1) is 10.5. The van der Waals surface area contributed by atoms with Gasteiger partial charge >= 0.3 is 7.82 Å². The van der Waals surface area contributed by atoms with Crippen LogP contribution in [0.4, 0.5) is 5.69 Å². The quantitative estimate of drug-likeness (QED) is 0.478. The maximum Gasteiger partial charge on any atom is 0.472 e. The SMILES string of the molecule is Nc1cccc2c1nnn2C1OC2COP(=O)(O)O[C@H]2C1O. The minimum atomic E-state index is -4.16. The highest BCUT2D eigenvalue weighted by Gasteiger charge is 2.53. The molecule has 0 bridgehead atoms. The normalized spacial score (nSPS) is 38.3. The Morgan fingerprint density at radius 2 is 2.27 bits per heavy atom. The number of ether oxygens (including phenoxy) is 1. The molecule has 11 heteroatoms. The standard InChI is InChI=1S/C11H13N4O6P/c12-5-2-1-3-6-8(5)13-14-15(6)11-9(16)10-7(20-11)4-19-22(17,18)21-10/h1-3,7,9-11,16H,4,12H2,(H,17,18)/t7?,9?,10-,11?/m1/s1. The van der Waals surface area contributed by atoms with Gasteiger partial charge < -0.3 is 20.5 Å². The molecule has 5 atom stereocenters. The summed E-state index contributed by atoms with van der Waals surface area (Å²) in [7, 11) is -4.16. The van der Waals surface area contributed by atoms with Crippen LogP contribution in [0.3, 0.4) is 0 Å². The molecule has 2 aliphatic heterocycles. The summed E-state index contributed by atoms with van der Waals surface area (Å²) < 4.78 is 28.1. The van der Waals surface area contributed by atoms with Gasteiger partial charge in [-0.2, -0.15) is 0 Å². The number of phosphoric ester groups is 1. The van der Waals surface area contributed by atoms with E-state index in [0.717, 1.165) is 0 Å². The van der Waals surface area contributed by atoms with Crippen molar-refractivity contribution >= 4 is 24.5 Å². The number of nitrogen functional groups attached to an aromatic ring is 1. The number of benzene rings is 1. The van der Waals surface area contributed by atoms with Crippen LogP contribution < -0.4 is 5.73 Å². The molecule has 4 rings (SSSR count). The third-order valence-electron chi connectivity index (χ3n) is 3.74. The molecule has 4 unspecified atom stereocenters. The lowest BCUT2D eigenvalue weighted by Gasteiger charge is -2.27. The van der Waals surface area contributed by atoms with Crippen LogP contribution >= 0.6 is 7.82 Å². The summed E-state index contributed by atoms with van der Waals surface area (Å²) >= 11 is 0. The number of aromatic nitrogens is 3. The summed E-state index contributed by atoms with van der Waals surface area (Å²) in [5, 5.41) is 18.3. The molecule has 0 spiro atoms. The van der Waals surface area contributed by atoms with Crippen molar-refractivity contribution < 1.29 is 28.3 Å². The van der Waals surface area contributed by atoms with Gasteiger partial charge in [0.1, 0.15) is 23.8 Å². The summed E-state index contributed by atoms with van der Waals surface area (Å²) in [4.78, 5) is 9.36. The fourth-order valence-electron chi connectivity index (χ4n) is 2.71. The topological polar surface area (TPSA) is 142 Å². The second-order valence-electron chi connectivity index (χ2n) is 5.14. The van der Waals surface area contributed by atoms with Gasteiger partial charge in [-0.3, -0.25) is 9.05 Å². The zero-order chi connectivity index (χ0) is 15.5. The molecule has 2 saturated heterocycles. The van der Waals surface area contributed by atoms with Gasteiger partial charge in [0.2, 0.25) is 0 Å². The number of aliphatic hydroxyl groups is 1. The van der Waals surface area contributed by atoms with E-state index in [2.05, 4.69) is 14.8 Å². The number of hydrogen-bond donors (Lipinski definition) is 3. The third kappa shape index (κ3) is 2.04. The number of nitrogens with zero attached hydrogens (tertiary/aromatic N) is 3. The number of phosphoric acid groups is 1. The lowest BCUT2D eigenvalue weighted by Crippen LogP contribution is -2.39. The first kappa shape index (κ1) is 14.1. The molecule has 0 saturated carbocycles. The minimum Gasteiger partial charge on any atom is -0.397 e. The first-order valence-electron chi connectivity index (χ1n) is 6.55. The van der Waals surface area contributed by atoms with Gasteiger partial charge in [0.25, 0.3) is 0 Å². The van der Waals surface area contributed by atoms with E-state index < -0.39 is 32.4 Å². The second kappa shape index (κ2) is 4.72. The molecule has 4 N–H and O–H groups in total. The molecule has 2 aromatic rings. The predicted molar refractivity (Wildman–Crippen MR) is 72.5 cm³/mol. The Bertz CT molecular complexity index is 781. The molecule has 22 heavy (non-hydrogen) atoms. The molecule has 1 aromatic carbocycles. The highest BCUT2D eigenvalue weighted by Crippen LogP contribution is 2.52. The molecule has 3 heterocycles. The fourth-order valence-corrected chi connectivity index (χ4v) is 3.67. The van der Waals surface area contributed by atoms with Crippen molar-refractivity contribution in [2.24, 2.45) is 0 Å². The molecule has 0 amide bonds. The number of fused-ring (bicyclic) bond motifs is 2. The molecule has 2 aliphatic rings. The Kier molecular flexibility index (Phi) is 3.02. The highest BCUT2D eigenvalue weighted by molar-refractivity contribution is 7.47. The van der Waals surface area contributed by atoms with Crippen molar-refractivity contribution in [2.75, 3.05) is 12.3 Å². The average molecular weight is 328 g/mol. The first-order valence-corrected chi connectivity index (χ1v) is 8.04. The van der Waals surface area contributed by atoms with Gasteiger partial charge in [0.05, 0.1) is 17.8 Å². The van der Waals surface area contributed by atoms with Gasteiger partial charge in [0.15, 0.2) is 6.23 Å². The Hall–Kier alpha value is -1.55. The smallest absolute Gasteiger partial charge is 0.397 e. The van der Waals surface area contributed by atoms with Gasteiger partial charge in [-0.1, -0.05) is 11.3 Å². The van der Waals surface area contributed by atoms with Crippen LogP contribution in [-0.4, -0.2) is 49.9 Å². The Morgan fingerprint density at radius 1 is 1.45 bits per heavy atom. The van der Waals surface area contributed by atoms with Crippen LogP contribution in [0.25, 0.3) is 11.0 Å². The molecule has 10 nitrogen and oxygen atoms in total. The Balaban J connectivity index is 1.71. The molecular weight excluding hydrogens is 315 g/mol. The van der Waals surface area contributed by atoms with E-state index >= 15 is 0 Å². The summed E-state index contributed by atoms with van der Waals surface area (Å²) in [6.45, 7) is -0.152. The number of hydrogen-bond acceptors (Lipinski definition) is 8. The molecule has 118 valence electrons. The van der Waals surface area contributed by atoms with Gasteiger partial charge in [-0.05, 0) is 12.1 Å². The van der Waals surface area contributed by atoms with E-state index in [0.29, 0.717) is 16.7 Å². The number of aliphatic hydroxyl groups excluding tert-OH is 1. The Labute approximate surface area is 124 Å². The maximum absolute atomic E-state index is 11.5. The van der Waals surface area contributed by atoms with Crippen LogP contribution in [0.15, 0.2) is 18.2 Å². The lowest BCUT2D eigenvalue weighted by atomic mass is 10.1. The van der Waals surface area contributed by atoms with Crippen molar-refractivity contribution in [2.45, 2.75) is 24.5 Å².